The van der Waals surface area contributed by atoms with E-state index >= 15 is 0 Å². The van der Waals surface area contributed by atoms with Gasteiger partial charge in [-0.1, -0.05) is 38.1 Å². The number of sulfonamides is 1. The Labute approximate surface area is 143 Å². The Bertz CT molecular complexity index is 783. The zero-order valence-corrected chi connectivity index (χ0v) is 15.2. The van der Waals surface area contributed by atoms with Gasteiger partial charge in [-0.3, -0.25) is 0 Å². The van der Waals surface area contributed by atoms with Gasteiger partial charge in [-0.2, -0.15) is 0 Å². The first kappa shape index (κ1) is 18.3. The number of nitrogens with one attached hydrogen (secondary N) is 1. The molecule has 0 bridgehead atoms. The van der Waals surface area contributed by atoms with Crippen LogP contribution < -0.4 is 14.2 Å². The van der Waals surface area contributed by atoms with Gasteiger partial charge in [0.15, 0.2) is 0 Å². The molecular weight excluding hydrogens is 326 g/mol. The molecule has 0 saturated heterocycles. The summed E-state index contributed by atoms with van der Waals surface area (Å²) in [5, 5.41) is 0. The molecule has 0 saturated carbocycles. The van der Waals surface area contributed by atoms with Gasteiger partial charge >= 0.3 is 0 Å². The topological polar surface area (TPSA) is 64.6 Å². The fourth-order valence-corrected chi connectivity index (χ4v) is 3.44. The van der Waals surface area contributed by atoms with Crippen LogP contribution >= 0.6 is 0 Å². The molecule has 0 aliphatic rings. The normalized spacial score (nSPS) is 11.5. The summed E-state index contributed by atoms with van der Waals surface area (Å²) in [7, 11) is -0.738. The highest BCUT2D eigenvalue weighted by atomic mass is 32.2. The van der Waals surface area contributed by atoms with Gasteiger partial charge in [0.05, 0.1) is 14.2 Å². The van der Waals surface area contributed by atoms with Gasteiger partial charge in [0.1, 0.15) is 16.4 Å². The van der Waals surface area contributed by atoms with E-state index in [1.807, 2.05) is 24.3 Å². The maximum absolute atomic E-state index is 12.5. The molecular formula is C18H23NO4S. The molecule has 24 heavy (non-hydrogen) atoms. The van der Waals surface area contributed by atoms with E-state index in [1.54, 1.807) is 12.1 Å². The van der Waals surface area contributed by atoms with Crippen LogP contribution in [0.3, 0.4) is 0 Å². The van der Waals surface area contributed by atoms with Crippen molar-refractivity contribution in [3.8, 4) is 11.5 Å². The lowest BCUT2D eigenvalue weighted by molar-refractivity contribution is 0.386. The first-order valence-corrected chi connectivity index (χ1v) is 9.16. The second kappa shape index (κ2) is 7.68. The third-order valence-electron chi connectivity index (χ3n) is 3.77. The monoisotopic (exact) mass is 349 g/mol. The molecule has 0 amide bonds. The van der Waals surface area contributed by atoms with Crippen molar-refractivity contribution in [3.05, 3.63) is 53.6 Å². The number of hydrogen-bond donors (Lipinski definition) is 1. The Morgan fingerprint density at radius 1 is 1.00 bits per heavy atom. The maximum atomic E-state index is 12.5. The van der Waals surface area contributed by atoms with Gasteiger partial charge in [-0.15, -0.1) is 0 Å². The minimum atomic E-state index is -3.68. The van der Waals surface area contributed by atoms with Crippen LogP contribution in [0, 0.1) is 0 Å². The van der Waals surface area contributed by atoms with Crippen LogP contribution in [0.1, 0.15) is 30.9 Å². The van der Waals surface area contributed by atoms with Crippen molar-refractivity contribution < 1.29 is 17.9 Å². The molecule has 2 aromatic carbocycles. The highest BCUT2D eigenvalue weighted by molar-refractivity contribution is 7.89. The summed E-state index contributed by atoms with van der Waals surface area (Å²) in [6.45, 7) is 4.46. The van der Waals surface area contributed by atoms with Crippen molar-refractivity contribution in [2.24, 2.45) is 0 Å². The Balaban J connectivity index is 2.16. The predicted molar refractivity (Wildman–Crippen MR) is 94.1 cm³/mol. The van der Waals surface area contributed by atoms with Gasteiger partial charge in [-0.25, -0.2) is 13.1 Å². The number of benzene rings is 2. The molecule has 2 aromatic rings. The Morgan fingerprint density at radius 2 is 1.67 bits per heavy atom. The Morgan fingerprint density at radius 3 is 2.21 bits per heavy atom. The van der Waals surface area contributed by atoms with E-state index in [9.17, 15) is 8.42 Å². The Hall–Kier alpha value is -2.05. The van der Waals surface area contributed by atoms with Crippen molar-refractivity contribution in [3.63, 3.8) is 0 Å². The molecule has 0 fully saturated rings. The van der Waals surface area contributed by atoms with Crippen LogP contribution in [-0.2, 0) is 16.6 Å². The maximum Gasteiger partial charge on any atom is 0.244 e. The third-order valence-corrected chi connectivity index (χ3v) is 5.21. The van der Waals surface area contributed by atoms with Crippen molar-refractivity contribution in [1.29, 1.82) is 0 Å². The first-order chi connectivity index (χ1) is 11.4. The van der Waals surface area contributed by atoms with E-state index in [4.69, 9.17) is 9.47 Å². The van der Waals surface area contributed by atoms with Gasteiger partial charge in [0.25, 0.3) is 0 Å². The van der Waals surface area contributed by atoms with E-state index in [2.05, 4.69) is 18.6 Å². The lowest BCUT2D eigenvalue weighted by Crippen LogP contribution is -2.23. The molecule has 0 aliphatic carbocycles. The zero-order chi connectivity index (χ0) is 17.7. The first-order valence-electron chi connectivity index (χ1n) is 7.68. The van der Waals surface area contributed by atoms with Crippen LogP contribution in [0.2, 0.25) is 0 Å². The molecule has 0 heterocycles. The number of rotatable bonds is 7. The lowest BCUT2D eigenvalue weighted by Gasteiger charge is -2.12. The molecule has 130 valence electrons. The molecule has 0 radical (unpaired) electrons. The fourth-order valence-electron chi connectivity index (χ4n) is 2.27. The third kappa shape index (κ3) is 4.27. The van der Waals surface area contributed by atoms with Crippen molar-refractivity contribution in [2.45, 2.75) is 31.2 Å². The van der Waals surface area contributed by atoms with Crippen molar-refractivity contribution in [2.75, 3.05) is 14.2 Å². The van der Waals surface area contributed by atoms with E-state index in [-0.39, 0.29) is 17.2 Å². The zero-order valence-electron chi connectivity index (χ0n) is 14.4. The average Bonchev–Trinajstić information content (AvgIpc) is 2.59. The standard InChI is InChI=1S/C18H23NO4S/c1-13(2)15-7-5-14(6-8-15)12-19-24(20,21)18-10-9-16(22-3)11-17(18)23-4/h5-11,13,19H,12H2,1-4H3. The van der Waals surface area contributed by atoms with Gasteiger partial charge in [-0.05, 0) is 29.2 Å². The van der Waals surface area contributed by atoms with Crippen LogP contribution in [-0.4, -0.2) is 22.6 Å². The van der Waals surface area contributed by atoms with Gasteiger partial charge < -0.3 is 9.47 Å². The SMILES string of the molecule is COc1ccc(S(=O)(=O)NCc2ccc(C(C)C)cc2)c(OC)c1. The average molecular weight is 349 g/mol. The molecule has 2 rings (SSSR count). The van der Waals surface area contributed by atoms with Crippen LogP contribution in [0.15, 0.2) is 47.4 Å². The van der Waals surface area contributed by atoms with E-state index in [1.165, 1.54) is 25.8 Å². The summed E-state index contributed by atoms with van der Waals surface area (Å²) in [5.41, 5.74) is 2.12. The van der Waals surface area contributed by atoms with Crippen LogP contribution in [0.5, 0.6) is 11.5 Å². The second-order valence-corrected chi connectivity index (χ2v) is 7.47. The summed E-state index contributed by atoms with van der Waals surface area (Å²) < 4.78 is 37.9. The molecule has 0 aromatic heterocycles. The smallest absolute Gasteiger partial charge is 0.244 e. The fraction of sp³-hybridized carbons (Fsp3) is 0.333. The summed E-state index contributed by atoms with van der Waals surface area (Å²) in [6.07, 6.45) is 0. The molecule has 0 unspecified atom stereocenters. The molecule has 6 heteroatoms. The van der Waals surface area contributed by atoms with Gasteiger partial charge in [0, 0.05) is 12.6 Å². The highest BCUT2D eigenvalue weighted by Crippen LogP contribution is 2.28. The minimum absolute atomic E-state index is 0.0876. The molecule has 0 spiro atoms. The van der Waals surface area contributed by atoms with Crippen LogP contribution in [0.25, 0.3) is 0 Å². The minimum Gasteiger partial charge on any atom is -0.497 e. The quantitative estimate of drug-likeness (QED) is 0.833. The largest absolute Gasteiger partial charge is 0.497 e. The lowest BCUT2D eigenvalue weighted by atomic mass is 10.0. The molecule has 0 atom stereocenters. The second-order valence-electron chi connectivity index (χ2n) is 5.74. The number of ether oxygens (including phenoxy) is 2. The molecule has 1 N–H and O–H groups in total. The van der Waals surface area contributed by atoms with Crippen LogP contribution in [0.4, 0.5) is 0 Å². The van der Waals surface area contributed by atoms with Crippen molar-refractivity contribution >= 4 is 10.0 Å². The summed E-state index contributed by atoms with van der Waals surface area (Å²) >= 11 is 0. The van der Waals surface area contributed by atoms with Crippen molar-refractivity contribution in [1.82, 2.24) is 4.72 Å². The summed E-state index contributed by atoms with van der Waals surface area (Å²) in [4.78, 5) is 0.0876. The summed E-state index contributed by atoms with van der Waals surface area (Å²) in [6, 6.07) is 12.5. The van der Waals surface area contributed by atoms with Gasteiger partial charge in [0.2, 0.25) is 10.0 Å². The number of hydrogen-bond acceptors (Lipinski definition) is 4. The molecule has 0 aliphatic heterocycles. The summed E-state index contributed by atoms with van der Waals surface area (Å²) in [5.74, 6) is 1.23. The molecule has 5 nitrogen and oxygen atoms in total. The Kier molecular flexibility index (Phi) is 5.85. The van der Waals surface area contributed by atoms with E-state index in [0.29, 0.717) is 11.7 Å². The predicted octanol–water partition coefficient (Wildman–Crippen LogP) is 3.31. The van der Waals surface area contributed by atoms with E-state index in [0.717, 1.165) is 5.56 Å². The highest BCUT2D eigenvalue weighted by Gasteiger charge is 2.19. The number of methoxy groups -OCH3 is 2. The van der Waals surface area contributed by atoms with E-state index < -0.39 is 10.0 Å².